The Balaban J connectivity index is 1.83. The maximum Gasteiger partial charge on any atom is 0.318 e. The summed E-state index contributed by atoms with van der Waals surface area (Å²) in [5.74, 6) is -0.217. The minimum absolute atomic E-state index is 0.325. The molecular weight excluding hydrogens is 306 g/mol. The summed E-state index contributed by atoms with van der Waals surface area (Å²) in [6.07, 6.45) is 1.56. The molecule has 0 fully saturated rings. The number of nitrogens with one attached hydrogen (secondary N) is 1. The van der Waals surface area contributed by atoms with Gasteiger partial charge in [0.05, 0.1) is 0 Å². The molecule has 0 saturated carbocycles. The van der Waals surface area contributed by atoms with Crippen LogP contribution in [0.15, 0.2) is 61.2 Å². The Morgan fingerprint density at radius 3 is 2.25 bits per heavy atom. The van der Waals surface area contributed by atoms with Crippen molar-refractivity contribution in [2.45, 2.75) is 5.92 Å². The molecule has 0 aliphatic carbocycles. The summed E-state index contributed by atoms with van der Waals surface area (Å²) < 4.78 is 11.1. The fourth-order valence-corrected chi connectivity index (χ4v) is 2.62. The van der Waals surface area contributed by atoms with Crippen LogP contribution < -0.4 is 10.1 Å². The second kappa shape index (κ2) is 7.00. The Morgan fingerprint density at radius 1 is 1.08 bits per heavy atom. The zero-order chi connectivity index (χ0) is 16.9. The summed E-state index contributed by atoms with van der Waals surface area (Å²) in [6.45, 7) is 3.52. The van der Waals surface area contributed by atoms with E-state index in [1.807, 2.05) is 48.5 Å². The third kappa shape index (κ3) is 3.15. The van der Waals surface area contributed by atoms with E-state index in [1.165, 1.54) is 0 Å². The quantitative estimate of drug-likeness (QED) is 0.679. The van der Waals surface area contributed by atoms with E-state index in [9.17, 15) is 9.59 Å². The Morgan fingerprint density at radius 2 is 1.67 bits per heavy atom. The van der Waals surface area contributed by atoms with Gasteiger partial charge in [0.2, 0.25) is 0 Å². The molecule has 0 saturated heterocycles. The lowest BCUT2D eigenvalue weighted by Crippen LogP contribution is -2.30. The largest absolute Gasteiger partial charge is 0.457 e. The minimum atomic E-state index is -0.613. The van der Waals surface area contributed by atoms with Crippen molar-refractivity contribution < 1.29 is 19.1 Å². The van der Waals surface area contributed by atoms with Crippen LogP contribution in [-0.4, -0.2) is 25.0 Å². The van der Waals surface area contributed by atoms with Crippen molar-refractivity contribution in [2.75, 3.05) is 13.2 Å². The average molecular weight is 323 g/mol. The fourth-order valence-electron chi connectivity index (χ4n) is 2.62. The zero-order valence-corrected chi connectivity index (χ0v) is 13.0. The van der Waals surface area contributed by atoms with Gasteiger partial charge in [-0.1, -0.05) is 42.5 Å². The summed E-state index contributed by atoms with van der Waals surface area (Å²) >= 11 is 0. The summed E-state index contributed by atoms with van der Waals surface area (Å²) in [5, 5.41) is 2.57. The van der Waals surface area contributed by atoms with Gasteiger partial charge in [-0.3, -0.25) is 9.59 Å². The van der Waals surface area contributed by atoms with E-state index in [1.54, 1.807) is 6.08 Å². The highest BCUT2D eigenvalue weighted by Gasteiger charge is 2.33. The molecule has 1 amide bonds. The van der Waals surface area contributed by atoms with Gasteiger partial charge < -0.3 is 14.8 Å². The molecule has 0 aromatic heterocycles. The van der Waals surface area contributed by atoms with Gasteiger partial charge in [-0.05, 0) is 12.1 Å². The third-order valence-electron chi connectivity index (χ3n) is 3.70. The lowest BCUT2D eigenvalue weighted by molar-refractivity contribution is -0.149. The highest BCUT2D eigenvalue weighted by Crippen LogP contribution is 2.44. The fraction of sp³-hybridized carbons (Fsp3) is 0.158. The molecular formula is C19H17NO4. The predicted molar refractivity (Wildman–Crippen MR) is 89.0 cm³/mol. The monoisotopic (exact) mass is 323 g/mol. The minimum Gasteiger partial charge on any atom is -0.457 e. The standard InChI is InChI=1S/C19H17NO4/c1-2-11-20-17(21)12-23-19(22)18-13-7-3-5-9-15(13)24-16-10-6-4-8-14(16)18/h2-10,18H,1,11-12H2,(H,20,21). The molecule has 1 aliphatic rings. The van der Waals surface area contributed by atoms with Crippen molar-refractivity contribution in [2.24, 2.45) is 0 Å². The maximum atomic E-state index is 12.6. The van der Waals surface area contributed by atoms with Gasteiger partial charge in [0.25, 0.3) is 5.91 Å². The number of carbonyl (C=O) groups is 2. The van der Waals surface area contributed by atoms with Gasteiger partial charge in [-0.2, -0.15) is 0 Å². The van der Waals surface area contributed by atoms with Crippen LogP contribution in [0.5, 0.6) is 11.5 Å². The number of hydrogen-bond acceptors (Lipinski definition) is 4. The lowest BCUT2D eigenvalue weighted by Gasteiger charge is -2.26. The van der Waals surface area contributed by atoms with Gasteiger partial charge >= 0.3 is 5.97 Å². The Kier molecular flexibility index (Phi) is 4.61. The number of ether oxygens (including phenoxy) is 2. The molecule has 1 heterocycles. The molecule has 2 aromatic carbocycles. The van der Waals surface area contributed by atoms with Gasteiger partial charge in [0.15, 0.2) is 6.61 Å². The van der Waals surface area contributed by atoms with Crippen LogP contribution >= 0.6 is 0 Å². The molecule has 0 bridgehead atoms. The van der Waals surface area contributed by atoms with Crippen LogP contribution in [0.25, 0.3) is 0 Å². The Bertz CT molecular complexity index is 739. The number of rotatable bonds is 5. The first-order valence-corrected chi connectivity index (χ1v) is 7.60. The van der Waals surface area contributed by atoms with E-state index >= 15 is 0 Å². The van der Waals surface area contributed by atoms with Crippen molar-refractivity contribution in [3.8, 4) is 11.5 Å². The van der Waals surface area contributed by atoms with Gasteiger partial charge in [-0.25, -0.2) is 0 Å². The van der Waals surface area contributed by atoms with E-state index in [-0.39, 0.29) is 12.5 Å². The number of benzene rings is 2. The second-order valence-electron chi connectivity index (χ2n) is 5.31. The van der Waals surface area contributed by atoms with E-state index in [0.29, 0.717) is 18.0 Å². The molecule has 2 aromatic rings. The summed E-state index contributed by atoms with van der Waals surface area (Å²) in [5.41, 5.74) is 1.46. The lowest BCUT2D eigenvalue weighted by atomic mass is 9.88. The summed E-state index contributed by atoms with van der Waals surface area (Å²) in [6, 6.07) is 14.6. The summed E-state index contributed by atoms with van der Waals surface area (Å²) in [7, 11) is 0. The molecule has 0 unspecified atom stereocenters. The highest BCUT2D eigenvalue weighted by atomic mass is 16.5. The molecule has 1 N–H and O–H groups in total. The number of hydrogen-bond donors (Lipinski definition) is 1. The van der Waals surface area contributed by atoms with Crippen LogP contribution in [0.3, 0.4) is 0 Å². The van der Waals surface area contributed by atoms with E-state index in [4.69, 9.17) is 9.47 Å². The van der Waals surface area contributed by atoms with Crippen molar-refractivity contribution in [3.05, 3.63) is 72.3 Å². The number of amides is 1. The smallest absolute Gasteiger partial charge is 0.318 e. The van der Waals surface area contributed by atoms with Gasteiger partial charge in [0.1, 0.15) is 17.4 Å². The van der Waals surface area contributed by atoms with Crippen molar-refractivity contribution in [1.29, 1.82) is 0 Å². The maximum absolute atomic E-state index is 12.6. The normalized spacial score (nSPS) is 12.3. The number of esters is 1. The molecule has 122 valence electrons. The topological polar surface area (TPSA) is 64.6 Å². The van der Waals surface area contributed by atoms with Crippen LogP contribution in [0.2, 0.25) is 0 Å². The van der Waals surface area contributed by atoms with E-state index < -0.39 is 11.9 Å². The molecule has 24 heavy (non-hydrogen) atoms. The van der Waals surface area contributed by atoms with Crippen molar-refractivity contribution >= 4 is 11.9 Å². The van der Waals surface area contributed by atoms with Gasteiger partial charge in [-0.15, -0.1) is 6.58 Å². The Hall–Kier alpha value is -3.08. The van der Waals surface area contributed by atoms with Crippen LogP contribution in [0.1, 0.15) is 17.0 Å². The van der Waals surface area contributed by atoms with Crippen LogP contribution in [0, 0.1) is 0 Å². The number of fused-ring (bicyclic) bond motifs is 2. The molecule has 0 spiro atoms. The average Bonchev–Trinajstić information content (AvgIpc) is 2.62. The first-order valence-electron chi connectivity index (χ1n) is 7.60. The first-order chi connectivity index (χ1) is 11.7. The second-order valence-corrected chi connectivity index (χ2v) is 5.31. The zero-order valence-electron chi connectivity index (χ0n) is 13.0. The molecule has 5 nitrogen and oxygen atoms in total. The number of para-hydroxylation sites is 2. The SMILES string of the molecule is C=CCNC(=O)COC(=O)C1c2ccccc2Oc2ccccc21. The third-order valence-corrected chi connectivity index (χ3v) is 3.70. The highest BCUT2D eigenvalue weighted by molar-refractivity contribution is 5.87. The summed E-state index contributed by atoms with van der Waals surface area (Å²) in [4.78, 5) is 24.2. The molecule has 0 radical (unpaired) electrons. The molecule has 3 rings (SSSR count). The first kappa shape index (κ1) is 15.8. The van der Waals surface area contributed by atoms with Crippen molar-refractivity contribution in [1.82, 2.24) is 5.32 Å². The number of carbonyl (C=O) groups excluding carboxylic acids is 2. The molecule has 0 atom stereocenters. The predicted octanol–water partition coefficient (Wildman–Crippen LogP) is 2.77. The van der Waals surface area contributed by atoms with E-state index in [2.05, 4.69) is 11.9 Å². The molecule has 5 heteroatoms. The molecule has 1 aliphatic heterocycles. The van der Waals surface area contributed by atoms with Crippen molar-refractivity contribution in [3.63, 3.8) is 0 Å². The van der Waals surface area contributed by atoms with E-state index in [0.717, 1.165) is 11.1 Å². The van der Waals surface area contributed by atoms with Crippen LogP contribution in [-0.2, 0) is 14.3 Å². The Labute approximate surface area is 139 Å². The van der Waals surface area contributed by atoms with Gasteiger partial charge in [0, 0.05) is 17.7 Å². The van der Waals surface area contributed by atoms with Crippen LogP contribution in [0.4, 0.5) is 0 Å².